The van der Waals surface area contributed by atoms with Crippen molar-refractivity contribution in [2.75, 3.05) is 19.5 Å². The molecule has 1 aromatic carbocycles. The van der Waals surface area contributed by atoms with Crippen molar-refractivity contribution in [3.8, 4) is 0 Å². The smallest absolute Gasteiger partial charge is 0.426 e. The molecule has 6 N–H and O–H groups in total. The zero-order valence-corrected chi connectivity index (χ0v) is 14.0. The molecule has 0 aliphatic carbocycles. The van der Waals surface area contributed by atoms with E-state index in [0.717, 1.165) is 5.56 Å². The van der Waals surface area contributed by atoms with Gasteiger partial charge in [-0.2, -0.15) is 0 Å². The van der Waals surface area contributed by atoms with Crippen LogP contribution in [0.3, 0.4) is 0 Å². The maximum absolute atomic E-state index is 12.3. The molecule has 10 nitrogen and oxygen atoms in total. The summed E-state index contributed by atoms with van der Waals surface area (Å²) in [7, 11) is -1.69. The van der Waals surface area contributed by atoms with Crippen LogP contribution in [0.1, 0.15) is 5.56 Å². The van der Waals surface area contributed by atoms with E-state index < -0.39 is 30.9 Å². The van der Waals surface area contributed by atoms with Crippen LogP contribution in [0.5, 0.6) is 0 Å². The Morgan fingerprint density at radius 1 is 1.04 bits per heavy atom. The lowest BCUT2D eigenvalue weighted by Crippen LogP contribution is -2.52. The quantitative estimate of drug-likeness (QED) is 0.178. The Hall–Kier alpha value is -2.92. The van der Waals surface area contributed by atoms with E-state index in [9.17, 15) is 19.2 Å². The minimum Gasteiger partial charge on any atom is -0.426 e. The molecule has 0 fully saturated rings. The summed E-state index contributed by atoms with van der Waals surface area (Å²) in [6.07, 6.45) is 0.193. The van der Waals surface area contributed by atoms with Gasteiger partial charge < -0.3 is 31.3 Å². The molecule has 1 unspecified atom stereocenters. The molecule has 0 bridgehead atoms. The largest absolute Gasteiger partial charge is 0.472 e. The van der Waals surface area contributed by atoms with Gasteiger partial charge in [0, 0.05) is 6.42 Å². The van der Waals surface area contributed by atoms with Gasteiger partial charge in [0.1, 0.15) is 6.04 Å². The van der Waals surface area contributed by atoms with Crippen molar-refractivity contribution in [2.24, 2.45) is 0 Å². The average molecular weight is 364 g/mol. The fourth-order valence-corrected chi connectivity index (χ4v) is 2.00. The third-order valence-corrected chi connectivity index (χ3v) is 3.19. The molecule has 0 heterocycles. The van der Waals surface area contributed by atoms with Gasteiger partial charge in [0.2, 0.25) is 24.1 Å². The third kappa shape index (κ3) is 8.80. The fourth-order valence-electron chi connectivity index (χ4n) is 2.00. The van der Waals surface area contributed by atoms with Crippen molar-refractivity contribution in [1.29, 1.82) is 0 Å². The van der Waals surface area contributed by atoms with Crippen molar-refractivity contribution in [1.82, 2.24) is 21.3 Å². The summed E-state index contributed by atoms with van der Waals surface area (Å²) in [6.45, 7) is -0.670. The zero-order chi connectivity index (χ0) is 19.4. The first kappa shape index (κ1) is 21.1. The monoisotopic (exact) mass is 364 g/mol. The Bertz CT molecular complexity index is 613. The van der Waals surface area contributed by atoms with Crippen molar-refractivity contribution in [2.45, 2.75) is 12.5 Å². The number of carbonyl (C=O) groups excluding carboxylic acids is 4. The Morgan fingerprint density at radius 2 is 1.73 bits per heavy atom. The first-order valence-electron chi connectivity index (χ1n) is 7.83. The van der Waals surface area contributed by atoms with E-state index in [2.05, 4.69) is 21.3 Å². The highest BCUT2D eigenvalue weighted by Crippen LogP contribution is 2.03. The molecule has 1 atom stereocenters. The molecule has 1 aromatic rings. The predicted octanol–water partition coefficient (Wildman–Crippen LogP) is -3.30. The standard InChI is InChI=1S/C15H21BN4O6/c21-10-17-7-14(23)20-12(6-11-4-2-1-3-5-11)15(24)18-8-13(22)19-9-16(25)26/h1-5,10,12,25-26H,6-9H2,(H,17,21)(H,18,24)(H,19,22)(H,20,23). The molecule has 0 saturated carbocycles. The Balaban J connectivity index is 2.63. The van der Waals surface area contributed by atoms with Gasteiger partial charge in [-0.1, -0.05) is 30.3 Å². The minimum atomic E-state index is -1.69. The van der Waals surface area contributed by atoms with Gasteiger partial charge in [-0.15, -0.1) is 0 Å². The summed E-state index contributed by atoms with van der Waals surface area (Å²) in [5.74, 6) is -1.76. The summed E-state index contributed by atoms with van der Waals surface area (Å²) < 4.78 is 0. The molecule has 11 heteroatoms. The molecule has 140 valence electrons. The first-order chi connectivity index (χ1) is 12.4. The molecular weight excluding hydrogens is 343 g/mol. The van der Waals surface area contributed by atoms with Crippen LogP contribution >= 0.6 is 0 Å². The van der Waals surface area contributed by atoms with E-state index in [1.807, 2.05) is 6.07 Å². The minimum absolute atomic E-state index is 0.191. The van der Waals surface area contributed by atoms with Gasteiger partial charge in [0.25, 0.3) is 0 Å². The van der Waals surface area contributed by atoms with Crippen LogP contribution < -0.4 is 21.3 Å². The SMILES string of the molecule is O=CNCC(=O)NC(Cc1ccccc1)C(=O)NCC(=O)NCB(O)O. The summed E-state index contributed by atoms with van der Waals surface area (Å²) in [4.78, 5) is 45.8. The maximum atomic E-state index is 12.3. The lowest BCUT2D eigenvalue weighted by atomic mass is 9.92. The normalized spacial score (nSPS) is 11.0. The van der Waals surface area contributed by atoms with Gasteiger partial charge in [-0.05, 0) is 5.56 Å². The predicted molar refractivity (Wildman–Crippen MR) is 92.4 cm³/mol. The second-order valence-electron chi connectivity index (χ2n) is 5.31. The van der Waals surface area contributed by atoms with Crippen molar-refractivity contribution in [3.05, 3.63) is 35.9 Å². The van der Waals surface area contributed by atoms with Crippen molar-refractivity contribution >= 4 is 31.3 Å². The van der Waals surface area contributed by atoms with Gasteiger partial charge in [-0.3, -0.25) is 19.2 Å². The van der Waals surface area contributed by atoms with Crippen LogP contribution in [0.15, 0.2) is 30.3 Å². The lowest BCUT2D eigenvalue weighted by Gasteiger charge is -2.18. The average Bonchev–Trinajstić information content (AvgIpc) is 2.63. The number of rotatable bonds is 11. The second-order valence-corrected chi connectivity index (χ2v) is 5.31. The van der Waals surface area contributed by atoms with Crippen LogP contribution in [0.2, 0.25) is 0 Å². The molecule has 0 saturated heterocycles. The van der Waals surface area contributed by atoms with E-state index in [0.29, 0.717) is 6.41 Å². The van der Waals surface area contributed by atoms with Crippen LogP contribution in [0, 0.1) is 0 Å². The zero-order valence-electron chi connectivity index (χ0n) is 14.0. The maximum Gasteiger partial charge on any atom is 0.472 e. The van der Waals surface area contributed by atoms with Crippen molar-refractivity contribution in [3.63, 3.8) is 0 Å². The van der Waals surface area contributed by atoms with Crippen LogP contribution in [0.4, 0.5) is 0 Å². The summed E-state index contributed by atoms with van der Waals surface area (Å²) in [5.41, 5.74) is 0.796. The fraction of sp³-hybridized carbons (Fsp3) is 0.333. The Kier molecular flexibility index (Phi) is 9.43. The van der Waals surface area contributed by atoms with Gasteiger partial charge in [-0.25, -0.2) is 0 Å². The molecule has 0 aliphatic rings. The second kappa shape index (κ2) is 11.6. The topological polar surface area (TPSA) is 157 Å². The molecule has 4 amide bonds. The summed E-state index contributed by atoms with van der Waals surface area (Å²) in [5, 5.41) is 26.6. The van der Waals surface area contributed by atoms with Gasteiger partial charge in [0.05, 0.1) is 19.5 Å². The number of nitrogens with one attached hydrogen (secondary N) is 4. The van der Waals surface area contributed by atoms with E-state index in [-0.39, 0.29) is 26.0 Å². The number of benzene rings is 1. The van der Waals surface area contributed by atoms with Crippen LogP contribution in [-0.4, -0.2) is 66.9 Å². The van der Waals surface area contributed by atoms with Gasteiger partial charge in [0.15, 0.2) is 0 Å². The van der Waals surface area contributed by atoms with E-state index in [4.69, 9.17) is 10.0 Å². The van der Waals surface area contributed by atoms with Crippen molar-refractivity contribution < 1.29 is 29.2 Å². The number of amides is 4. The van der Waals surface area contributed by atoms with E-state index >= 15 is 0 Å². The van der Waals surface area contributed by atoms with E-state index in [1.165, 1.54) is 0 Å². The summed E-state index contributed by atoms with van der Waals surface area (Å²) >= 11 is 0. The molecular formula is C15H21BN4O6. The molecule has 0 aliphatic heterocycles. The number of hydrogen-bond donors (Lipinski definition) is 6. The highest BCUT2D eigenvalue weighted by atomic mass is 16.4. The molecule has 1 rings (SSSR count). The number of hydrogen-bond acceptors (Lipinski definition) is 6. The Labute approximate surface area is 150 Å². The number of carbonyl (C=O) groups is 4. The summed E-state index contributed by atoms with van der Waals surface area (Å²) in [6, 6.07) is 8.00. The third-order valence-electron chi connectivity index (χ3n) is 3.19. The van der Waals surface area contributed by atoms with Crippen LogP contribution in [-0.2, 0) is 25.6 Å². The highest BCUT2D eigenvalue weighted by Gasteiger charge is 2.21. The lowest BCUT2D eigenvalue weighted by molar-refractivity contribution is -0.130. The molecule has 0 radical (unpaired) electrons. The van der Waals surface area contributed by atoms with Crippen LogP contribution in [0.25, 0.3) is 0 Å². The Morgan fingerprint density at radius 3 is 2.35 bits per heavy atom. The molecule has 0 spiro atoms. The molecule has 26 heavy (non-hydrogen) atoms. The van der Waals surface area contributed by atoms with E-state index in [1.54, 1.807) is 24.3 Å². The highest BCUT2D eigenvalue weighted by molar-refractivity contribution is 6.41. The molecule has 0 aromatic heterocycles. The van der Waals surface area contributed by atoms with Gasteiger partial charge >= 0.3 is 7.12 Å². The first-order valence-corrected chi connectivity index (χ1v) is 7.83.